The standard InChI is InChI=1S/C18H21FN2O2/c1-12-9-14(7-8-17(12)19)11-20-15-5-4-6-16(10-15)21-18(22)13(2)23-3/h4-10,13,20H,11H2,1-3H3,(H,21,22)/t13-/m0/s1. The molecule has 1 atom stereocenters. The Morgan fingerprint density at radius 3 is 2.65 bits per heavy atom. The maximum absolute atomic E-state index is 13.3. The molecule has 0 saturated carbocycles. The third-order valence-corrected chi connectivity index (χ3v) is 3.57. The zero-order chi connectivity index (χ0) is 16.8. The lowest BCUT2D eigenvalue weighted by molar-refractivity contribution is -0.124. The summed E-state index contributed by atoms with van der Waals surface area (Å²) in [6.45, 7) is 4.01. The maximum atomic E-state index is 13.3. The van der Waals surface area contributed by atoms with E-state index in [4.69, 9.17) is 4.74 Å². The Labute approximate surface area is 135 Å². The van der Waals surface area contributed by atoms with Crippen molar-refractivity contribution >= 4 is 17.3 Å². The van der Waals surface area contributed by atoms with E-state index in [1.807, 2.05) is 30.3 Å². The molecule has 2 rings (SSSR count). The Morgan fingerprint density at radius 1 is 1.22 bits per heavy atom. The Bertz CT molecular complexity index is 688. The van der Waals surface area contributed by atoms with Crippen LogP contribution in [0.1, 0.15) is 18.1 Å². The summed E-state index contributed by atoms with van der Waals surface area (Å²) in [7, 11) is 1.49. The third-order valence-electron chi connectivity index (χ3n) is 3.57. The van der Waals surface area contributed by atoms with Gasteiger partial charge in [0.1, 0.15) is 11.9 Å². The molecule has 0 bridgehead atoms. The lowest BCUT2D eigenvalue weighted by Gasteiger charge is -2.12. The number of hydrogen-bond acceptors (Lipinski definition) is 3. The first-order valence-electron chi connectivity index (χ1n) is 7.42. The van der Waals surface area contributed by atoms with E-state index in [2.05, 4.69) is 10.6 Å². The van der Waals surface area contributed by atoms with Crippen LogP contribution in [0.3, 0.4) is 0 Å². The highest BCUT2D eigenvalue weighted by atomic mass is 19.1. The molecular formula is C18H21FN2O2. The number of amides is 1. The smallest absolute Gasteiger partial charge is 0.253 e. The van der Waals surface area contributed by atoms with Crippen molar-refractivity contribution in [2.24, 2.45) is 0 Å². The molecule has 0 fully saturated rings. The highest BCUT2D eigenvalue weighted by molar-refractivity contribution is 5.94. The molecule has 2 N–H and O–H groups in total. The normalized spacial score (nSPS) is 11.8. The summed E-state index contributed by atoms with van der Waals surface area (Å²) < 4.78 is 18.2. The quantitative estimate of drug-likeness (QED) is 0.854. The van der Waals surface area contributed by atoms with Crippen molar-refractivity contribution in [3.8, 4) is 0 Å². The van der Waals surface area contributed by atoms with Gasteiger partial charge in [-0.15, -0.1) is 0 Å². The third kappa shape index (κ3) is 4.79. The van der Waals surface area contributed by atoms with Crippen LogP contribution < -0.4 is 10.6 Å². The second kappa shape index (κ2) is 7.74. The monoisotopic (exact) mass is 316 g/mol. The summed E-state index contributed by atoms with van der Waals surface area (Å²) in [5, 5.41) is 6.05. The number of benzene rings is 2. The number of anilines is 2. The van der Waals surface area contributed by atoms with Gasteiger partial charge in [0, 0.05) is 25.0 Å². The SMILES string of the molecule is CO[C@@H](C)C(=O)Nc1cccc(NCc2ccc(F)c(C)c2)c1. The molecular weight excluding hydrogens is 295 g/mol. The fourth-order valence-electron chi connectivity index (χ4n) is 2.08. The number of carbonyl (C=O) groups is 1. The van der Waals surface area contributed by atoms with Crippen molar-refractivity contribution in [2.75, 3.05) is 17.7 Å². The van der Waals surface area contributed by atoms with E-state index in [0.29, 0.717) is 17.8 Å². The van der Waals surface area contributed by atoms with Crippen LogP contribution in [0.5, 0.6) is 0 Å². The fraction of sp³-hybridized carbons (Fsp3) is 0.278. The van der Waals surface area contributed by atoms with Gasteiger partial charge in [-0.25, -0.2) is 4.39 Å². The molecule has 0 unspecified atom stereocenters. The Hall–Kier alpha value is -2.40. The van der Waals surface area contributed by atoms with Crippen molar-refractivity contribution in [2.45, 2.75) is 26.5 Å². The van der Waals surface area contributed by atoms with Crippen LogP contribution >= 0.6 is 0 Å². The highest BCUT2D eigenvalue weighted by Gasteiger charge is 2.11. The average Bonchev–Trinajstić information content (AvgIpc) is 2.55. The van der Waals surface area contributed by atoms with Gasteiger partial charge >= 0.3 is 0 Å². The lowest BCUT2D eigenvalue weighted by Crippen LogP contribution is -2.26. The minimum absolute atomic E-state index is 0.196. The van der Waals surface area contributed by atoms with E-state index in [1.165, 1.54) is 13.2 Å². The van der Waals surface area contributed by atoms with E-state index < -0.39 is 6.10 Å². The van der Waals surface area contributed by atoms with E-state index >= 15 is 0 Å². The topological polar surface area (TPSA) is 50.4 Å². The largest absolute Gasteiger partial charge is 0.381 e. The summed E-state index contributed by atoms with van der Waals surface area (Å²) >= 11 is 0. The van der Waals surface area contributed by atoms with Crippen LogP contribution in [0.2, 0.25) is 0 Å². The first-order valence-corrected chi connectivity index (χ1v) is 7.42. The predicted octanol–water partition coefficient (Wildman–Crippen LogP) is 3.72. The second-order valence-electron chi connectivity index (χ2n) is 5.39. The second-order valence-corrected chi connectivity index (χ2v) is 5.39. The van der Waals surface area contributed by atoms with Crippen LogP contribution in [-0.4, -0.2) is 19.1 Å². The summed E-state index contributed by atoms with van der Waals surface area (Å²) in [6, 6.07) is 12.5. The molecule has 0 aliphatic rings. The average molecular weight is 316 g/mol. The Kier molecular flexibility index (Phi) is 5.71. The molecule has 0 aliphatic heterocycles. The molecule has 0 aromatic heterocycles. The molecule has 0 spiro atoms. The van der Waals surface area contributed by atoms with Gasteiger partial charge in [0.25, 0.3) is 5.91 Å². The van der Waals surface area contributed by atoms with Gasteiger partial charge in [-0.05, 0) is 49.2 Å². The first kappa shape index (κ1) is 17.0. The summed E-state index contributed by atoms with van der Waals surface area (Å²) in [5.74, 6) is -0.399. The number of ether oxygens (including phenoxy) is 1. The minimum Gasteiger partial charge on any atom is -0.381 e. The number of nitrogens with one attached hydrogen (secondary N) is 2. The van der Waals surface area contributed by atoms with Gasteiger partial charge < -0.3 is 15.4 Å². The van der Waals surface area contributed by atoms with Crippen LogP contribution in [0.15, 0.2) is 42.5 Å². The van der Waals surface area contributed by atoms with Gasteiger partial charge in [-0.2, -0.15) is 0 Å². The molecule has 0 radical (unpaired) electrons. The Morgan fingerprint density at radius 2 is 1.96 bits per heavy atom. The van der Waals surface area contributed by atoms with Crippen LogP contribution in [0, 0.1) is 12.7 Å². The Balaban J connectivity index is 1.99. The van der Waals surface area contributed by atoms with Crippen molar-refractivity contribution in [1.82, 2.24) is 0 Å². The van der Waals surface area contributed by atoms with Gasteiger partial charge in [0.05, 0.1) is 0 Å². The van der Waals surface area contributed by atoms with Crippen molar-refractivity contribution in [3.63, 3.8) is 0 Å². The van der Waals surface area contributed by atoms with E-state index in [-0.39, 0.29) is 11.7 Å². The molecule has 122 valence electrons. The molecule has 0 heterocycles. The van der Waals surface area contributed by atoms with Crippen LogP contribution in [-0.2, 0) is 16.1 Å². The summed E-state index contributed by atoms with van der Waals surface area (Å²) in [6.07, 6.45) is -0.506. The van der Waals surface area contributed by atoms with Crippen molar-refractivity contribution < 1.29 is 13.9 Å². The minimum atomic E-state index is -0.506. The van der Waals surface area contributed by atoms with E-state index in [0.717, 1.165) is 11.3 Å². The van der Waals surface area contributed by atoms with Gasteiger partial charge in [0.2, 0.25) is 0 Å². The number of aryl methyl sites for hydroxylation is 1. The zero-order valence-corrected chi connectivity index (χ0v) is 13.5. The van der Waals surface area contributed by atoms with Gasteiger partial charge in [-0.1, -0.05) is 18.2 Å². The van der Waals surface area contributed by atoms with Gasteiger partial charge in [0.15, 0.2) is 0 Å². The highest BCUT2D eigenvalue weighted by Crippen LogP contribution is 2.17. The summed E-state index contributed by atoms with van der Waals surface area (Å²) in [5.41, 5.74) is 3.18. The van der Waals surface area contributed by atoms with Crippen LogP contribution in [0.25, 0.3) is 0 Å². The number of methoxy groups -OCH3 is 1. The first-order chi connectivity index (χ1) is 11.0. The summed E-state index contributed by atoms with van der Waals surface area (Å²) in [4.78, 5) is 11.8. The number of halogens is 1. The maximum Gasteiger partial charge on any atom is 0.253 e. The van der Waals surface area contributed by atoms with Crippen LogP contribution in [0.4, 0.5) is 15.8 Å². The molecule has 2 aromatic rings. The predicted molar refractivity (Wildman–Crippen MR) is 90.0 cm³/mol. The van der Waals surface area contributed by atoms with E-state index in [1.54, 1.807) is 19.9 Å². The van der Waals surface area contributed by atoms with Gasteiger partial charge in [-0.3, -0.25) is 4.79 Å². The van der Waals surface area contributed by atoms with Crippen molar-refractivity contribution in [3.05, 3.63) is 59.4 Å². The molecule has 1 amide bonds. The molecule has 23 heavy (non-hydrogen) atoms. The molecule has 4 nitrogen and oxygen atoms in total. The number of carbonyl (C=O) groups excluding carboxylic acids is 1. The van der Waals surface area contributed by atoms with E-state index in [9.17, 15) is 9.18 Å². The lowest BCUT2D eigenvalue weighted by atomic mass is 10.1. The molecule has 2 aromatic carbocycles. The molecule has 0 saturated heterocycles. The zero-order valence-electron chi connectivity index (χ0n) is 13.5. The van der Waals surface area contributed by atoms with Crippen molar-refractivity contribution in [1.29, 1.82) is 0 Å². The number of rotatable bonds is 6. The molecule has 5 heteroatoms. The molecule has 0 aliphatic carbocycles. The fourth-order valence-corrected chi connectivity index (χ4v) is 2.08. The number of hydrogen-bond donors (Lipinski definition) is 2.